The van der Waals surface area contributed by atoms with Gasteiger partial charge in [-0.15, -0.1) is 0 Å². The second-order valence-electron chi connectivity index (χ2n) is 9.53. The van der Waals surface area contributed by atoms with E-state index in [1.54, 1.807) is 4.90 Å². The van der Waals surface area contributed by atoms with Crippen molar-refractivity contribution >= 4 is 29.2 Å². The van der Waals surface area contributed by atoms with E-state index in [2.05, 4.69) is 20.4 Å². The van der Waals surface area contributed by atoms with Gasteiger partial charge in [-0.3, -0.25) is 24.6 Å². The summed E-state index contributed by atoms with van der Waals surface area (Å²) in [4.78, 5) is 40.3. The summed E-state index contributed by atoms with van der Waals surface area (Å²) >= 11 is 0. The molecule has 1 aromatic rings. The second-order valence-corrected chi connectivity index (χ2v) is 9.53. The first-order valence-corrected chi connectivity index (χ1v) is 12.3. The van der Waals surface area contributed by atoms with Gasteiger partial charge in [0.15, 0.2) is 11.6 Å². The Bertz CT molecular complexity index is 923. The van der Waals surface area contributed by atoms with E-state index in [1.807, 2.05) is 0 Å². The monoisotopic (exact) mass is 493 g/mol. The van der Waals surface area contributed by atoms with Crippen molar-refractivity contribution in [3.63, 3.8) is 0 Å². The van der Waals surface area contributed by atoms with Gasteiger partial charge in [-0.2, -0.15) is 0 Å². The van der Waals surface area contributed by atoms with Gasteiger partial charge in [-0.25, -0.2) is 8.78 Å². The molecule has 1 unspecified atom stereocenters. The van der Waals surface area contributed by atoms with Crippen molar-refractivity contribution in [3.05, 3.63) is 23.8 Å². The lowest BCUT2D eigenvalue weighted by atomic mass is 10.0. The molecule has 35 heavy (non-hydrogen) atoms. The van der Waals surface area contributed by atoms with E-state index in [9.17, 15) is 23.2 Å². The SMILES string of the molecule is O=C(O)CCCN1CCC(N2CCN(c3c(F)cc(NC4CCC(=O)NC4=O)cc3F)CC2)CC1. The number of carboxylic acids is 1. The molecule has 0 saturated carbocycles. The third kappa shape index (κ3) is 6.46. The number of piperidine rings is 2. The molecule has 3 N–H and O–H groups in total. The van der Waals surface area contributed by atoms with E-state index >= 15 is 0 Å². The zero-order chi connectivity index (χ0) is 24.9. The summed E-state index contributed by atoms with van der Waals surface area (Å²) in [6, 6.07) is 2.13. The molecule has 2 amide bonds. The predicted octanol–water partition coefficient (Wildman–Crippen LogP) is 1.63. The average Bonchev–Trinajstić information content (AvgIpc) is 2.81. The minimum Gasteiger partial charge on any atom is -0.481 e. The molecule has 1 atom stereocenters. The summed E-state index contributed by atoms with van der Waals surface area (Å²) in [7, 11) is 0. The number of amides is 2. The summed E-state index contributed by atoms with van der Waals surface area (Å²) in [5.41, 5.74) is 0.124. The molecule has 3 aliphatic rings. The molecule has 0 spiro atoms. The zero-order valence-corrected chi connectivity index (χ0v) is 19.8. The lowest BCUT2D eigenvalue weighted by Crippen LogP contribution is -2.53. The number of likely N-dealkylation sites (tertiary alicyclic amines) is 1. The first kappa shape index (κ1) is 25.3. The van der Waals surface area contributed by atoms with Crippen LogP contribution in [0, 0.1) is 11.6 Å². The Kier molecular flexibility index (Phi) is 8.17. The smallest absolute Gasteiger partial charge is 0.303 e. The number of hydrogen-bond acceptors (Lipinski definition) is 7. The highest BCUT2D eigenvalue weighted by atomic mass is 19.1. The largest absolute Gasteiger partial charge is 0.481 e. The van der Waals surface area contributed by atoms with Crippen LogP contribution in [-0.4, -0.2) is 90.6 Å². The van der Waals surface area contributed by atoms with Crippen LogP contribution in [0.4, 0.5) is 20.2 Å². The number of anilines is 2. The third-order valence-electron chi connectivity index (χ3n) is 7.17. The Morgan fingerprint density at radius 1 is 1.03 bits per heavy atom. The molecule has 0 radical (unpaired) electrons. The van der Waals surface area contributed by atoms with Crippen molar-refractivity contribution < 1.29 is 28.3 Å². The van der Waals surface area contributed by atoms with Crippen molar-refractivity contribution in [1.82, 2.24) is 15.1 Å². The Balaban J connectivity index is 1.27. The molecule has 1 aromatic carbocycles. The van der Waals surface area contributed by atoms with Gasteiger partial charge in [0.25, 0.3) is 0 Å². The Morgan fingerprint density at radius 2 is 1.69 bits per heavy atom. The number of carbonyl (C=O) groups is 3. The maximum atomic E-state index is 14.9. The highest BCUT2D eigenvalue weighted by Crippen LogP contribution is 2.30. The molecule has 192 valence electrons. The van der Waals surface area contributed by atoms with Gasteiger partial charge in [0.05, 0.1) is 0 Å². The quantitative estimate of drug-likeness (QED) is 0.470. The fourth-order valence-electron chi connectivity index (χ4n) is 5.26. The summed E-state index contributed by atoms with van der Waals surface area (Å²) in [6.07, 6.45) is 3.34. The van der Waals surface area contributed by atoms with E-state index in [0.717, 1.165) is 45.6 Å². The molecule has 0 aliphatic carbocycles. The fraction of sp³-hybridized carbons (Fsp3) is 0.625. The minimum absolute atomic E-state index is 0.0493. The van der Waals surface area contributed by atoms with Gasteiger partial charge >= 0.3 is 5.97 Å². The van der Waals surface area contributed by atoms with Crippen LogP contribution in [0.1, 0.15) is 38.5 Å². The van der Waals surface area contributed by atoms with Crippen LogP contribution >= 0.6 is 0 Å². The van der Waals surface area contributed by atoms with Crippen LogP contribution in [0.25, 0.3) is 0 Å². The number of piperazine rings is 1. The number of carboxylic acid groups (broad SMARTS) is 1. The highest BCUT2D eigenvalue weighted by molar-refractivity contribution is 6.01. The van der Waals surface area contributed by atoms with Gasteiger partial charge in [-0.05, 0) is 57.5 Å². The number of carbonyl (C=O) groups excluding carboxylic acids is 2. The first-order chi connectivity index (χ1) is 16.8. The molecular weight excluding hydrogens is 460 g/mol. The molecule has 0 aromatic heterocycles. The predicted molar refractivity (Wildman–Crippen MR) is 126 cm³/mol. The molecule has 3 aliphatic heterocycles. The lowest BCUT2D eigenvalue weighted by molar-refractivity contribution is -0.137. The minimum atomic E-state index is -0.758. The highest BCUT2D eigenvalue weighted by Gasteiger charge is 2.30. The van der Waals surface area contributed by atoms with Crippen molar-refractivity contribution in [2.45, 2.75) is 50.6 Å². The molecule has 3 heterocycles. The lowest BCUT2D eigenvalue weighted by Gasteiger charge is -2.43. The summed E-state index contributed by atoms with van der Waals surface area (Å²) in [5, 5.41) is 13.8. The van der Waals surface area contributed by atoms with Crippen molar-refractivity contribution in [1.29, 1.82) is 0 Å². The Hall–Kier alpha value is -2.79. The van der Waals surface area contributed by atoms with Crippen molar-refractivity contribution in [2.75, 3.05) is 56.0 Å². The zero-order valence-electron chi connectivity index (χ0n) is 19.8. The summed E-state index contributed by atoms with van der Waals surface area (Å²) < 4.78 is 29.8. The number of rotatable bonds is 8. The number of benzene rings is 1. The molecule has 0 bridgehead atoms. The number of nitrogens with zero attached hydrogens (tertiary/aromatic N) is 3. The van der Waals surface area contributed by atoms with E-state index in [4.69, 9.17) is 5.11 Å². The molecule has 3 fully saturated rings. The number of hydrogen-bond donors (Lipinski definition) is 3. The van der Waals surface area contributed by atoms with E-state index in [-0.39, 0.29) is 36.5 Å². The van der Waals surface area contributed by atoms with Crippen molar-refractivity contribution in [3.8, 4) is 0 Å². The number of nitrogens with one attached hydrogen (secondary N) is 2. The van der Waals surface area contributed by atoms with Gasteiger partial charge in [0, 0.05) is 50.7 Å². The van der Waals surface area contributed by atoms with Crippen LogP contribution in [0.2, 0.25) is 0 Å². The Morgan fingerprint density at radius 3 is 2.29 bits per heavy atom. The normalized spacial score (nSPS) is 22.8. The van der Waals surface area contributed by atoms with E-state index in [0.29, 0.717) is 25.6 Å². The molecule has 9 nitrogen and oxygen atoms in total. The first-order valence-electron chi connectivity index (χ1n) is 12.3. The van der Waals surface area contributed by atoms with Crippen molar-refractivity contribution in [2.24, 2.45) is 0 Å². The summed E-state index contributed by atoms with van der Waals surface area (Å²) in [5.74, 6) is -2.95. The maximum absolute atomic E-state index is 14.9. The number of aliphatic carboxylic acids is 1. The standard InChI is InChI=1S/C24H33F2N5O4/c25-18-14-16(27-20-3-4-21(32)28-24(20)35)15-19(26)23(18)31-12-10-30(11-13-31)17-5-8-29(9-6-17)7-1-2-22(33)34/h14-15,17,20,27H,1-13H2,(H,33,34)(H,28,32,35). The van der Waals surface area contributed by atoms with Gasteiger partial charge in [0.2, 0.25) is 11.8 Å². The van der Waals surface area contributed by atoms with Crippen LogP contribution in [-0.2, 0) is 14.4 Å². The topological polar surface area (TPSA) is 105 Å². The van der Waals surface area contributed by atoms with Gasteiger partial charge in [0.1, 0.15) is 11.7 Å². The number of halogens is 2. The maximum Gasteiger partial charge on any atom is 0.303 e. The second kappa shape index (κ2) is 11.3. The van der Waals surface area contributed by atoms with Crippen LogP contribution in [0.5, 0.6) is 0 Å². The number of imide groups is 1. The molecule has 4 rings (SSSR count). The molecular formula is C24H33F2N5O4. The summed E-state index contributed by atoms with van der Waals surface area (Å²) in [6.45, 7) is 5.17. The van der Waals surface area contributed by atoms with Crippen LogP contribution in [0.15, 0.2) is 12.1 Å². The average molecular weight is 494 g/mol. The Labute approximate surface area is 203 Å². The fourth-order valence-corrected chi connectivity index (χ4v) is 5.26. The van der Waals surface area contributed by atoms with Crippen LogP contribution in [0.3, 0.4) is 0 Å². The third-order valence-corrected chi connectivity index (χ3v) is 7.17. The van der Waals surface area contributed by atoms with Gasteiger partial charge in [-0.1, -0.05) is 0 Å². The van der Waals surface area contributed by atoms with Gasteiger partial charge < -0.3 is 20.2 Å². The van der Waals surface area contributed by atoms with E-state index in [1.165, 1.54) is 12.1 Å². The molecule has 3 saturated heterocycles. The van der Waals surface area contributed by atoms with Crippen LogP contribution < -0.4 is 15.5 Å². The van der Waals surface area contributed by atoms with E-state index < -0.39 is 29.6 Å². The molecule has 11 heteroatoms.